The van der Waals surface area contributed by atoms with Crippen LogP contribution in [0.25, 0.3) is 0 Å². The molecule has 3 aromatic rings. The van der Waals surface area contributed by atoms with Crippen molar-refractivity contribution in [3.8, 4) is 0 Å². The summed E-state index contributed by atoms with van der Waals surface area (Å²) in [7, 11) is 0. The molecule has 7 nitrogen and oxygen atoms in total. The molecular weight excluding hydrogens is 490 g/mol. The Labute approximate surface area is 229 Å². The molecule has 3 aromatic carbocycles. The van der Waals surface area contributed by atoms with Gasteiger partial charge in [0.05, 0.1) is 11.1 Å². The van der Waals surface area contributed by atoms with E-state index in [-0.39, 0.29) is 49.1 Å². The number of nitrogens with one attached hydrogen (secondary N) is 1. The monoisotopic (exact) mass is 525 g/mol. The van der Waals surface area contributed by atoms with Gasteiger partial charge in [0, 0.05) is 32.5 Å². The van der Waals surface area contributed by atoms with Crippen LogP contribution < -0.4 is 5.32 Å². The lowest BCUT2D eigenvalue weighted by Crippen LogP contribution is -2.51. The number of carbonyl (C=O) groups excluding carboxylic acids is 4. The van der Waals surface area contributed by atoms with E-state index in [0.717, 1.165) is 11.1 Å². The second-order valence-corrected chi connectivity index (χ2v) is 10.3. The molecule has 0 saturated carbocycles. The topological polar surface area (TPSA) is 86.8 Å². The number of hydrogen-bond acceptors (Lipinski definition) is 4. The van der Waals surface area contributed by atoms with Gasteiger partial charge in [0.25, 0.3) is 11.8 Å². The van der Waals surface area contributed by atoms with Crippen LogP contribution in [-0.4, -0.2) is 52.6 Å². The smallest absolute Gasteiger partial charge is 0.261 e. The van der Waals surface area contributed by atoms with Crippen LogP contribution in [0.3, 0.4) is 0 Å². The Balaban J connectivity index is 1.52. The molecule has 0 aliphatic carbocycles. The van der Waals surface area contributed by atoms with Crippen LogP contribution in [-0.2, 0) is 22.6 Å². The minimum absolute atomic E-state index is 0.100. The van der Waals surface area contributed by atoms with Crippen LogP contribution in [0, 0.1) is 5.92 Å². The zero-order chi connectivity index (χ0) is 27.8. The van der Waals surface area contributed by atoms with E-state index in [9.17, 15) is 19.2 Å². The summed E-state index contributed by atoms with van der Waals surface area (Å²) in [6.07, 6.45) is 0.784. The second kappa shape index (κ2) is 13.0. The maximum Gasteiger partial charge on any atom is 0.261 e. The first-order chi connectivity index (χ1) is 18.8. The van der Waals surface area contributed by atoms with E-state index in [0.29, 0.717) is 30.5 Å². The van der Waals surface area contributed by atoms with Crippen molar-refractivity contribution in [2.45, 2.75) is 45.7 Å². The number of hydrogen-bond donors (Lipinski definition) is 1. The first-order valence-corrected chi connectivity index (χ1v) is 13.5. The van der Waals surface area contributed by atoms with Crippen LogP contribution in [0.1, 0.15) is 58.5 Å². The molecule has 1 aliphatic heterocycles. The van der Waals surface area contributed by atoms with Gasteiger partial charge in [-0.15, -0.1) is 0 Å². The lowest BCUT2D eigenvalue weighted by Gasteiger charge is -2.32. The molecule has 202 valence electrons. The maximum atomic E-state index is 13.7. The van der Waals surface area contributed by atoms with Crippen molar-refractivity contribution < 1.29 is 19.2 Å². The molecule has 0 fully saturated rings. The van der Waals surface area contributed by atoms with Gasteiger partial charge < -0.3 is 10.2 Å². The number of amides is 4. The van der Waals surface area contributed by atoms with E-state index in [1.165, 1.54) is 4.90 Å². The van der Waals surface area contributed by atoms with Crippen molar-refractivity contribution in [1.29, 1.82) is 0 Å². The van der Waals surface area contributed by atoms with Crippen LogP contribution >= 0.6 is 0 Å². The molecule has 1 atom stereocenters. The van der Waals surface area contributed by atoms with Gasteiger partial charge in [-0.3, -0.25) is 24.1 Å². The predicted molar refractivity (Wildman–Crippen MR) is 150 cm³/mol. The van der Waals surface area contributed by atoms with Crippen LogP contribution in [0.15, 0.2) is 84.9 Å². The summed E-state index contributed by atoms with van der Waals surface area (Å²) in [5.41, 5.74) is 2.66. The van der Waals surface area contributed by atoms with Gasteiger partial charge in [-0.25, -0.2) is 0 Å². The number of nitrogens with zero attached hydrogens (tertiary/aromatic N) is 2. The van der Waals surface area contributed by atoms with Gasteiger partial charge >= 0.3 is 0 Å². The quantitative estimate of drug-likeness (QED) is 0.354. The first kappa shape index (κ1) is 27.8. The van der Waals surface area contributed by atoms with E-state index in [2.05, 4.69) is 5.32 Å². The molecule has 1 aliphatic rings. The molecule has 4 rings (SSSR count). The van der Waals surface area contributed by atoms with Crippen LogP contribution in [0.5, 0.6) is 0 Å². The summed E-state index contributed by atoms with van der Waals surface area (Å²) >= 11 is 0. The molecule has 0 aromatic heterocycles. The fourth-order valence-corrected chi connectivity index (χ4v) is 4.73. The maximum absolute atomic E-state index is 13.7. The average Bonchev–Trinajstić information content (AvgIpc) is 3.19. The Morgan fingerprint density at radius 3 is 1.90 bits per heavy atom. The lowest BCUT2D eigenvalue weighted by molar-refractivity contribution is -0.141. The van der Waals surface area contributed by atoms with Gasteiger partial charge in [-0.1, -0.05) is 86.6 Å². The standard InChI is InChI=1S/C32H35N3O4/c1-23(2)21-33-30(37)28(20-24-12-5-3-6-13-24)35(22-25-14-7-4-8-15-25)29(36)18-11-19-34-31(38)26-16-9-10-17-27(26)32(34)39/h3-10,12-17,23,28H,11,18-22H2,1-2H3,(H,33,37)/t28-/m1/s1. The van der Waals surface area contributed by atoms with Crippen molar-refractivity contribution >= 4 is 23.6 Å². The molecule has 1 heterocycles. The Morgan fingerprint density at radius 2 is 1.33 bits per heavy atom. The first-order valence-electron chi connectivity index (χ1n) is 13.5. The SMILES string of the molecule is CC(C)CNC(=O)[C@@H](Cc1ccccc1)N(Cc1ccccc1)C(=O)CCCN1C(=O)c2ccccc2C1=O. The third kappa shape index (κ3) is 6.99. The van der Waals surface area contributed by atoms with Crippen molar-refractivity contribution in [2.75, 3.05) is 13.1 Å². The van der Waals surface area contributed by atoms with Crippen LogP contribution in [0.4, 0.5) is 0 Å². The number of rotatable bonds is 12. The Hall–Kier alpha value is -4.26. The van der Waals surface area contributed by atoms with E-state index >= 15 is 0 Å². The molecule has 39 heavy (non-hydrogen) atoms. The zero-order valence-corrected chi connectivity index (χ0v) is 22.5. The van der Waals surface area contributed by atoms with Gasteiger partial charge in [0.1, 0.15) is 6.04 Å². The van der Waals surface area contributed by atoms with Gasteiger partial charge in [-0.05, 0) is 35.6 Å². The minimum atomic E-state index is -0.710. The molecule has 0 radical (unpaired) electrons. The molecule has 0 saturated heterocycles. The third-order valence-electron chi connectivity index (χ3n) is 6.80. The summed E-state index contributed by atoms with van der Waals surface area (Å²) in [5, 5.41) is 3.02. The van der Waals surface area contributed by atoms with E-state index in [1.807, 2.05) is 74.5 Å². The van der Waals surface area contributed by atoms with Gasteiger partial charge in [0.15, 0.2) is 0 Å². The molecule has 0 spiro atoms. The van der Waals surface area contributed by atoms with E-state index < -0.39 is 6.04 Å². The molecular formula is C32H35N3O4. The van der Waals surface area contributed by atoms with Crippen molar-refractivity contribution in [1.82, 2.24) is 15.1 Å². The highest BCUT2D eigenvalue weighted by atomic mass is 16.2. The van der Waals surface area contributed by atoms with E-state index in [4.69, 9.17) is 0 Å². The highest BCUT2D eigenvalue weighted by Crippen LogP contribution is 2.23. The summed E-state index contributed by atoms with van der Waals surface area (Å²) in [4.78, 5) is 55.5. The number of carbonyl (C=O) groups is 4. The zero-order valence-electron chi connectivity index (χ0n) is 22.5. The average molecular weight is 526 g/mol. The van der Waals surface area contributed by atoms with Gasteiger partial charge in [-0.2, -0.15) is 0 Å². The summed E-state index contributed by atoms with van der Waals surface area (Å²) < 4.78 is 0. The van der Waals surface area contributed by atoms with E-state index in [1.54, 1.807) is 29.2 Å². The highest BCUT2D eigenvalue weighted by Gasteiger charge is 2.35. The van der Waals surface area contributed by atoms with Crippen LogP contribution in [0.2, 0.25) is 0 Å². The normalized spacial score (nSPS) is 13.4. The van der Waals surface area contributed by atoms with Crippen molar-refractivity contribution in [2.24, 2.45) is 5.92 Å². The molecule has 4 amide bonds. The molecule has 0 unspecified atom stereocenters. The molecule has 0 bridgehead atoms. The summed E-state index contributed by atoms with van der Waals surface area (Å²) in [5.74, 6) is -0.795. The highest BCUT2D eigenvalue weighted by molar-refractivity contribution is 6.21. The van der Waals surface area contributed by atoms with Crippen molar-refractivity contribution in [3.05, 3.63) is 107 Å². The fourth-order valence-electron chi connectivity index (χ4n) is 4.73. The minimum Gasteiger partial charge on any atom is -0.354 e. The van der Waals surface area contributed by atoms with Gasteiger partial charge in [0.2, 0.25) is 11.8 Å². The second-order valence-electron chi connectivity index (χ2n) is 10.3. The number of fused-ring (bicyclic) bond motifs is 1. The molecule has 1 N–H and O–H groups in total. The largest absolute Gasteiger partial charge is 0.354 e. The predicted octanol–water partition coefficient (Wildman–Crippen LogP) is 4.48. The van der Waals surface area contributed by atoms with Crippen molar-refractivity contribution in [3.63, 3.8) is 0 Å². The summed E-state index contributed by atoms with van der Waals surface area (Å²) in [6, 6.07) is 25.3. The number of benzene rings is 3. The Morgan fingerprint density at radius 1 is 0.795 bits per heavy atom. The third-order valence-corrected chi connectivity index (χ3v) is 6.80. The fraction of sp³-hybridized carbons (Fsp3) is 0.312. The Kier molecular flexibility index (Phi) is 9.26. The number of imide groups is 1. The molecule has 7 heteroatoms. The summed E-state index contributed by atoms with van der Waals surface area (Å²) in [6.45, 7) is 4.98. The Bertz CT molecular complexity index is 1270. The lowest BCUT2D eigenvalue weighted by atomic mass is 10.0.